The predicted molar refractivity (Wildman–Crippen MR) is 99.1 cm³/mol. The second-order valence-electron chi connectivity index (χ2n) is 8.53. The van der Waals surface area contributed by atoms with Gasteiger partial charge in [0.25, 0.3) is 0 Å². The van der Waals surface area contributed by atoms with Crippen LogP contribution in [0.3, 0.4) is 0 Å². The molecule has 2 bridgehead atoms. The highest BCUT2D eigenvalue weighted by molar-refractivity contribution is 6.27. The number of fused-ring (bicyclic) bond motifs is 3. The van der Waals surface area contributed by atoms with Crippen LogP contribution >= 0.6 is 0 Å². The molecule has 1 aromatic rings. The Morgan fingerprint density at radius 3 is 2.62 bits per heavy atom. The predicted octanol–water partition coefficient (Wildman–Crippen LogP) is 0.578. The van der Waals surface area contributed by atoms with E-state index < -0.39 is 29.6 Å². The SMILES string of the molecule is O=CC(=O)C1c2c(C3C4CNCC3C4)ccc(F)c2CN1C1CCC(=O)NC1=O. The van der Waals surface area contributed by atoms with Crippen molar-refractivity contribution >= 4 is 23.9 Å². The first kappa shape index (κ1) is 18.6. The van der Waals surface area contributed by atoms with Crippen molar-refractivity contribution in [2.45, 2.75) is 43.8 Å². The van der Waals surface area contributed by atoms with Gasteiger partial charge in [0.1, 0.15) is 11.9 Å². The molecule has 3 fully saturated rings. The molecular formula is C21H22FN3O4. The Kier molecular flexibility index (Phi) is 4.36. The summed E-state index contributed by atoms with van der Waals surface area (Å²) < 4.78 is 14.8. The van der Waals surface area contributed by atoms with E-state index in [1.54, 1.807) is 11.0 Å². The Hall–Kier alpha value is -2.45. The highest BCUT2D eigenvalue weighted by Crippen LogP contribution is 2.53. The van der Waals surface area contributed by atoms with Crippen LogP contribution in [0.4, 0.5) is 4.39 Å². The van der Waals surface area contributed by atoms with E-state index in [1.807, 2.05) is 0 Å². The van der Waals surface area contributed by atoms with Gasteiger partial charge in [0.2, 0.25) is 17.6 Å². The van der Waals surface area contributed by atoms with Gasteiger partial charge in [0, 0.05) is 18.5 Å². The number of carbonyl (C=O) groups excluding carboxylic acids is 4. The van der Waals surface area contributed by atoms with Gasteiger partial charge in [-0.1, -0.05) is 6.07 Å². The lowest BCUT2D eigenvalue weighted by Crippen LogP contribution is -2.53. The molecular weight excluding hydrogens is 377 g/mol. The van der Waals surface area contributed by atoms with E-state index in [0.29, 0.717) is 23.0 Å². The van der Waals surface area contributed by atoms with Crippen molar-refractivity contribution in [1.29, 1.82) is 0 Å². The summed E-state index contributed by atoms with van der Waals surface area (Å²) in [5.41, 5.74) is 1.89. The minimum atomic E-state index is -0.980. The summed E-state index contributed by atoms with van der Waals surface area (Å²) in [6.45, 7) is 1.85. The van der Waals surface area contributed by atoms with Gasteiger partial charge in [-0.15, -0.1) is 0 Å². The molecule has 1 aliphatic carbocycles. The van der Waals surface area contributed by atoms with Gasteiger partial charge in [-0.3, -0.25) is 29.4 Å². The molecule has 2 N–H and O–H groups in total. The summed E-state index contributed by atoms with van der Waals surface area (Å²) in [4.78, 5) is 49.8. The Bertz CT molecular complexity index is 919. The third-order valence-corrected chi connectivity index (χ3v) is 7.07. The maximum absolute atomic E-state index is 14.8. The number of hydrogen-bond acceptors (Lipinski definition) is 6. The number of amides is 2. The molecule has 5 rings (SSSR count). The first-order chi connectivity index (χ1) is 14.0. The molecule has 3 heterocycles. The van der Waals surface area contributed by atoms with Crippen LogP contribution in [0, 0.1) is 17.7 Å². The number of carbonyl (C=O) groups is 4. The van der Waals surface area contributed by atoms with Gasteiger partial charge < -0.3 is 5.32 Å². The van der Waals surface area contributed by atoms with Gasteiger partial charge in [-0.05, 0) is 60.9 Å². The van der Waals surface area contributed by atoms with Crippen LogP contribution in [0.1, 0.15) is 47.9 Å². The van der Waals surface area contributed by atoms with Crippen LogP contribution in [-0.2, 0) is 25.7 Å². The van der Waals surface area contributed by atoms with Crippen molar-refractivity contribution < 1.29 is 23.6 Å². The van der Waals surface area contributed by atoms with E-state index in [2.05, 4.69) is 10.6 Å². The van der Waals surface area contributed by atoms with Gasteiger partial charge >= 0.3 is 0 Å². The minimum Gasteiger partial charge on any atom is -0.316 e. The maximum Gasteiger partial charge on any atom is 0.243 e. The number of hydrogen-bond donors (Lipinski definition) is 2. The Morgan fingerprint density at radius 1 is 1.21 bits per heavy atom. The molecule has 4 unspecified atom stereocenters. The van der Waals surface area contributed by atoms with Crippen molar-refractivity contribution in [1.82, 2.24) is 15.5 Å². The topological polar surface area (TPSA) is 95.6 Å². The molecule has 2 amide bonds. The number of ketones is 1. The molecule has 152 valence electrons. The molecule has 8 heteroatoms. The molecule has 1 saturated carbocycles. The van der Waals surface area contributed by atoms with Crippen LogP contribution in [0.5, 0.6) is 0 Å². The second-order valence-corrected chi connectivity index (χ2v) is 8.53. The molecule has 4 atom stereocenters. The number of rotatable bonds is 4. The lowest BCUT2D eigenvalue weighted by Gasteiger charge is -2.51. The van der Waals surface area contributed by atoms with Gasteiger partial charge in [0.05, 0.1) is 6.04 Å². The summed E-state index contributed by atoms with van der Waals surface area (Å²) in [5.74, 6) is -0.866. The zero-order valence-corrected chi connectivity index (χ0v) is 15.8. The maximum atomic E-state index is 14.8. The van der Waals surface area contributed by atoms with E-state index in [9.17, 15) is 23.6 Å². The van der Waals surface area contributed by atoms with Crippen molar-refractivity contribution in [2.24, 2.45) is 11.8 Å². The fourth-order valence-electron chi connectivity index (χ4n) is 5.78. The van der Waals surface area contributed by atoms with Crippen LogP contribution in [0.25, 0.3) is 0 Å². The number of halogens is 1. The first-order valence-electron chi connectivity index (χ1n) is 10.1. The minimum absolute atomic E-state index is 0.0752. The summed E-state index contributed by atoms with van der Waals surface area (Å²) in [7, 11) is 0. The number of nitrogens with zero attached hydrogens (tertiary/aromatic N) is 1. The molecule has 0 spiro atoms. The molecule has 2 saturated heterocycles. The van der Waals surface area contributed by atoms with Crippen LogP contribution in [-0.4, -0.2) is 47.9 Å². The molecule has 0 radical (unpaired) electrons. The summed E-state index contributed by atoms with van der Waals surface area (Å²) in [6, 6.07) is 1.46. The number of piperidine rings is 3. The lowest BCUT2D eigenvalue weighted by molar-refractivity contribution is -0.141. The molecule has 0 aromatic heterocycles. The fraction of sp³-hybridized carbons (Fsp3) is 0.524. The Labute approximate surface area is 167 Å². The van der Waals surface area contributed by atoms with E-state index in [0.717, 1.165) is 25.1 Å². The van der Waals surface area contributed by atoms with Gasteiger partial charge in [-0.25, -0.2) is 4.39 Å². The largest absolute Gasteiger partial charge is 0.316 e. The van der Waals surface area contributed by atoms with Crippen molar-refractivity contribution in [3.05, 3.63) is 34.6 Å². The van der Waals surface area contributed by atoms with E-state index in [4.69, 9.17) is 0 Å². The molecule has 4 aliphatic rings. The standard InChI is InChI=1S/C21H22FN3O4/c22-14-2-1-12(18-10-5-11(18)7-23-6-10)19-13(14)8-25(20(19)16(27)9-26)15-3-4-17(28)24-21(15)29/h1-2,9-11,15,18,20,23H,3-8H2,(H,24,28,29). The summed E-state index contributed by atoms with van der Waals surface area (Å²) >= 11 is 0. The monoisotopic (exact) mass is 399 g/mol. The number of nitrogens with one attached hydrogen (secondary N) is 2. The van der Waals surface area contributed by atoms with Gasteiger partial charge in [0.15, 0.2) is 6.29 Å². The number of benzene rings is 1. The van der Waals surface area contributed by atoms with Crippen LogP contribution in [0.15, 0.2) is 12.1 Å². The molecule has 7 nitrogen and oxygen atoms in total. The van der Waals surface area contributed by atoms with Crippen LogP contribution < -0.4 is 10.6 Å². The van der Waals surface area contributed by atoms with Gasteiger partial charge in [-0.2, -0.15) is 0 Å². The zero-order chi connectivity index (χ0) is 20.3. The van der Waals surface area contributed by atoms with Crippen molar-refractivity contribution in [2.75, 3.05) is 13.1 Å². The van der Waals surface area contributed by atoms with Crippen molar-refractivity contribution in [3.63, 3.8) is 0 Å². The van der Waals surface area contributed by atoms with Crippen molar-refractivity contribution in [3.8, 4) is 0 Å². The second kappa shape index (κ2) is 6.81. The third kappa shape index (κ3) is 2.77. The van der Waals surface area contributed by atoms with Crippen LogP contribution in [0.2, 0.25) is 0 Å². The smallest absolute Gasteiger partial charge is 0.243 e. The Morgan fingerprint density at radius 2 is 1.97 bits per heavy atom. The number of Topliss-reactive ketones (excluding diaryl/α,β-unsaturated/α-hetero) is 1. The normalized spacial score (nSPS) is 33.6. The highest BCUT2D eigenvalue weighted by atomic mass is 19.1. The average molecular weight is 399 g/mol. The van der Waals surface area contributed by atoms with E-state index in [-0.39, 0.29) is 37.5 Å². The first-order valence-corrected chi connectivity index (χ1v) is 10.1. The average Bonchev–Trinajstić information content (AvgIpc) is 3.11. The molecule has 1 aromatic carbocycles. The summed E-state index contributed by atoms with van der Waals surface area (Å²) in [6.07, 6.45) is 1.76. The zero-order valence-electron chi connectivity index (χ0n) is 15.8. The fourth-order valence-corrected chi connectivity index (χ4v) is 5.78. The molecule has 29 heavy (non-hydrogen) atoms. The lowest BCUT2D eigenvalue weighted by atomic mass is 9.58. The number of aldehydes is 1. The van der Waals surface area contributed by atoms with E-state index in [1.165, 1.54) is 6.07 Å². The van der Waals surface area contributed by atoms with E-state index >= 15 is 0 Å². The quantitative estimate of drug-likeness (QED) is 0.437. The third-order valence-electron chi connectivity index (χ3n) is 7.07. The Balaban J connectivity index is 1.58. The molecule has 3 aliphatic heterocycles. The highest BCUT2D eigenvalue weighted by Gasteiger charge is 2.50. The number of imide groups is 1. The summed E-state index contributed by atoms with van der Waals surface area (Å²) in [5, 5.41) is 5.68.